The lowest BCUT2D eigenvalue weighted by Gasteiger charge is -2.21. The first-order valence-electron chi connectivity index (χ1n) is 31.5. The maximum Gasteiger partial charge on any atom is 0.472 e. The highest BCUT2D eigenvalue weighted by molar-refractivity contribution is 7.47. The Morgan fingerprint density at radius 1 is 0.372 bits per heavy atom. The molecule has 0 bridgehead atoms. The van der Waals surface area contributed by atoms with Gasteiger partial charge in [0.1, 0.15) is 12.7 Å². The van der Waals surface area contributed by atoms with Crippen LogP contribution in [-0.4, -0.2) is 66.5 Å². The van der Waals surface area contributed by atoms with E-state index in [-0.39, 0.29) is 25.9 Å². The van der Waals surface area contributed by atoms with E-state index in [0.717, 1.165) is 128 Å². The number of hydrogen-bond acceptors (Lipinski definition) is 10. The third-order valence-electron chi connectivity index (χ3n) is 13.3. The summed E-state index contributed by atoms with van der Waals surface area (Å²) in [6.45, 7) is 4.48. The summed E-state index contributed by atoms with van der Waals surface area (Å²) in [6.07, 6.45) is 69.5. The quantitative estimate of drug-likeness (QED) is 0.0197. The van der Waals surface area contributed by atoms with Crippen molar-refractivity contribution in [2.45, 2.75) is 290 Å². The van der Waals surface area contributed by atoms with Crippen LogP contribution in [0.5, 0.6) is 0 Å². The number of aliphatic hydroxyl groups is 1. The van der Waals surface area contributed by atoms with Crippen molar-refractivity contribution >= 4 is 25.7 Å². The molecule has 3 unspecified atom stereocenters. The number of aliphatic hydroxyl groups excluding tert-OH is 1. The summed E-state index contributed by atoms with van der Waals surface area (Å²) in [4.78, 5) is 48.7. The number of phosphoric acid groups is 1. The van der Waals surface area contributed by atoms with Crippen LogP contribution < -0.4 is 0 Å². The molecule has 0 rings (SSSR count). The number of phosphoric ester groups is 1. The third kappa shape index (κ3) is 57.3. The second-order valence-electron chi connectivity index (χ2n) is 20.8. The molecule has 0 radical (unpaired) electrons. The predicted octanol–water partition coefficient (Wildman–Crippen LogP) is 19.0. The van der Waals surface area contributed by atoms with Crippen LogP contribution in [0.2, 0.25) is 0 Å². The van der Waals surface area contributed by atoms with Gasteiger partial charge in [0.2, 0.25) is 0 Å². The number of carbonyl (C=O) groups excluding carboxylic acids is 3. The van der Waals surface area contributed by atoms with E-state index in [1.54, 1.807) is 0 Å². The highest BCUT2D eigenvalue weighted by atomic mass is 31.2. The van der Waals surface area contributed by atoms with E-state index in [1.165, 1.54) is 89.9 Å². The number of rotatable bonds is 58. The topological polar surface area (TPSA) is 155 Å². The van der Waals surface area contributed by atoms with Crippen molar-refractivity contribution in [2.75, 3.05) is 26.4 Å². The van der Waals surface area contributed by atoms with Crippen molar-refractivity contribution in [2.24, 2.45) is 0 Å². The molecular weight excluding hydrogens is 1000 g/mol. The Morgan fingerprint density at radius 2 is 0.667 bits per heavy atom. The van der Waals surface area contributed by atoms with Crippen LogP contribution in [0, 0.1) is 0 Å². The van der Waals surface area contributed by atoms with E-state index in [2.05, 4.69) is 106 Å². The summed E-state index contributed by atoms with van der Waals surface area (Å²) in [7, 11) is -4.76. The van der Waals surface area contributed by atoms with Gasteiger partial charge in [0.25, 0.3) is 0 Å². The molecule has 78 heavy (non-hydrogen) atoms. The van der Waals surface area contributed by atoms with Gasteiger partial charge < -0.3 is 24.2 Å². The number of allylic oxidation sites excluding steroid dienone is 14. The molecule has 0 aromatic rings. The second-order valence-corrected chi connectivity index (χ2v) is 22.3. The van der Waals surface area contributed by atoms with Crippen LogP contribution in [0.1, 0.15) is 278 Å². The molecule has 0 spiro atoms. The van der Waals surface area contributed by atoms with E-state index in [0.29, 0.717) is 19.3 Å². The summed E-state index contributed by atoms with van der Waals surface area (Å²) in [5.74, 6) is -1.49. The van der Waals surface area contributed by atoms with Gasteiger partial charge in [-0.25, -0.2) is 4.57 Å². The summed E-state index contributed by atoms with van der Waals surface area (Å²) < 4.78 is 39.6. The molecule has 3 atom stereocenters. The number of unbranched alkanes of at least 4 members (excludes halogenated alkanes) is 27. The fourth-order valence-corrected chi connectivity index (χ4v) is 9.27. The highest BCUT2D eigenvalue weighted by Gasteiger charge is 2.28. The standard InChI is InChI=1S/C66H115O11P/c1-4-7-10-13-16-19-22-25-28-30-31-33-36-39-42-45-48-51-54-57-66(70)77-63(59-73-64(68)55-52-49-46-43-40-37-34-27-24-21-18-15-12-9-6-3)61-75-78(71,72)74-60-62(58-67)76-65(69)56-53-50-47-44-41-38-35-32-29-26-23-20-17-14-11-8-5-2/h8,11,16-21,25-29,34,62-63,67H,4-7,9-10,12-15,22-24,30-33,35-61H2,1-3H3,(H,71,72)/b11-8-,19-16-,20-17-,21-18-,28-25-,29-26-,34-27-. The van der Waals surface area contributed by atoms with Crippen LogP contribution in [0.4, 0.5) is 0 Å². The first-order chi connectivity index (χ1) is 38.2. The maximum absolute atomic E-state index is 12.9. The minimum absolute atomic E-state index is 0.157. The Bertz CT molecular complexity index is 1630. The lowest BCUT2D eigenvalue weighted by molar-refractivity contribution is -0.161. The van der Waals surface area contributed by atoms with E-state index >= 15 is 0 Å². The van der Waals surface area contributed by atoms with Crippen molar-refractivity contribution in [1.82, 2.24) is 0 Å². The van der Waals surface area contributed by atoms with Crippen LogP contribution in [-0.2, 0) is 42.2 Å². The molecule has 0 aromatic heterocycles. The van der Waals surface area contributed by atoms with Crippen molar-refractivity contribution in [3.63, 3.8) is 0 Å². The van der Waals surface area contributed by atoms with Crippen LogP contribution >= 0.6 is 7.82 Å². The van der Waals surface area contributed by atoms with Crippen LogP contribution in [0.15, 0.2) is 85.1 Å². The molecular formula is C66H115O11P. The molecule has 0 saturated heterocycles. The molecule has 12 heteroatoms. The predicted molar refractivity (Wildman–Crippen MR) is 325 cm³/mol. The van der Waals surface area contributed by atoms with Gasteiger partial charge in [-0.15, -0.1) is 0 Å². The zero-order chi connectivity index (χ0) is 56.9. The molecule has 0 heterocycles. The molecule has 0 aliphatic carbocycles. The first-order valence-corrected chi connectivity index (χ1v) is 33.0. The average molecular weight is 1120 g/mol. The molecule has 0 amide bonds. The van der Waals surface area contributed by atoms with Crippen molar-refractivity contribution in [3.05, 3.63) is 85.1 Å². The third-order valence-corrected chi connectivity index (χ3v) is 14.2. The lowest BCUT2D eigenvalue weighted by Crippen LogP contribution is -2.30. The SMILES string of the molecule is CC/C=C\C/C=C\C/C=C\CCCCCCCCCC(=O)OC(CO)COP(=O)(O)OCC(COC(=O)CCCCCCC/C=C\C/C=C\CCCCC)OC(=O)CCCCCCCCCCC/C=C\C/C=C\CCCCC. The van der Waals surface area contributed by atoms with Gasteiger partial charge in [-0.3, -0.25) is 23.4 Å². The molecule has 0 aromatic carbocycles. The Hall–Kier alpha value is -3.34. The number of hydrogen-bond donors (Lipinski definition) is 2. The Labute approximate surface area is 477 Å². The molecule has 0 aliphatic heterocycles. The summed E-state index contributed by atoms with van der Waals surface area (Å²) in [5, 5.41) is 9.85. The smallest absolute Gasteiger partial charge is 0.462 e. The maximum atomic E-state index is 12.9. The zero-order valence-electron chi connectivity index (χ0n) is 49.9. The van der Waals surface area contributed by atoms with Gasteiger partial charge in [0.05, 0.1) is 19.8 Å². The molecule has 11 nitrogen and oxygen atoms in total. The highest BCUT2D eigenvalue weighted by Crippen LogP contribution is 2.43. The largest absolute Gasteiger partial charge is 0.472 e. The summed E-state index contributed by atoms with van der Waals surface area (Å²) in [6, 6.07) is 0. The number of esters is 3. The fraction of sp³-hybridized carbons (Fsp3) is 0.742. The number of ether oxygens (including phenoxy) is 3. The van der Waals surface area contributed by atoms with Gasteiger partial charge in [0.15, 0.2) is 6.10 Å². The van der Waals surface area contributed by atoms with Gasteiger partial charge in [-0.1, -0.05) is 228 Å². The van der Waals surface area contributed by atoms with Gasteiger partial charge in [-0.2, -0.15) is 0 Å². The van der Waals surface area contributed by atoms with E-state index in [9.17, 15) is 28.9 Å². The second kappa shape index (κ2) is 59.8. The Balaban J connectivity index is 4.72. The van der Waals surface area contributed by atoms with Crippen LogP contribution in [0.3, 0.4) is 0 Å². The molecule has 450 valence electrons. The molecule has 0 fully saturated rings. The fourth-order valence-electron chi connectivity index (χ4n) is 8.49. The van der Waals surface area contributed by atoms with Crippen molar-refractivity contribution in [1.29, 1.82) is 0 Å². The Morgan fingerprint density at radius 3 is 1.03 bits per heavy atom. The van der Waals surface area contributed by atoms with Gasteiger partial charge >= 0.3 is 25.7 Å². The van der Waals surface area contributed by atoms with Gasteiger partial charge in [0, 0.05) is 19.3 Å². The average Bonchev–Trinajstić information content (AvgIpc) is 3.43. The normalized spacial score (nSPS) is 13.9. The first kappa shape index (κ1) is 74.7. The minimum atomic E-state index is -4.76. The van der Waals surface area contributed by atoms with Gasteiger partial charge in [-0.05, 0) is 116 Å². The van der Waals surface area contributed by atoms with Crippen LogP contribution in [0.25, 0.3) is 0 Å². The monoisotopic (exact) mass is 1110 g/mol. The van der Waals surface area contributed by atoms with Crippen molar-refractivity contribution in [3.8, 4) is 0 Å². The Kier molecular flexibility index (Phi) is 57.2. The molecule has 0 aliphatic rings. The zero-order valence-corrected chi connectivity index (χ0v) is 50.8. The molecule has 2 N–H and O–H groups in total. The van der Waals surface area contributed by atoms with E-state index in [1.807, 2.05) is 0 Å². The van der Waals surface area contributed by atoms with Crippen molar-refractivity contribution < 1.29 is 52.2 Å². The minimum Gasteiger partial charge on any atom is -0.462 e. The summed E-state index contributed by atoms with van der Waals surface area (Å²) in [5.41, 5.74) is 0. The summed E-state index contributed by atoms with van der Waals surface area (Å²) >= 11 is 0. The number of carbonyl (C=O) groups is 3. The lowest BCUT2D eigenvalue weighted by atomic mass is 10.1. The van der Waals surface area contributed by atoms with E-state index < -0.39 is 57.8 Å². The molecule has 0 saturated carbocycles. The van der Waals surface area contributed by atoms with E-state index in [4.69, 9.17) is 23.3 Å².